The van der Waals surface area contributed by atoms with Gasteiger partial charge < -0.3 is 30.6 Å². The lowest BCUT2D eigenvalue weighted by Crippen LogP contribution is -2.58. The van der Waals surface area contributed by atoms with Crippen LogP contribution in [0, 0.1) is 0 Å². The Kier molecular flexibility index (Phi) is 10.6. The molecule has 230 valence electrons. The molecule has 0 saturated carbocycles. The number of nitrogens with one attached hydrogen (secondary N) is 2. The lowest BCUT2D eigenvalue weighted by Gasteiger charge is -2.34. The van der Waals surface area contributed by atoms with E-state index in [4.69, 9.17) is 19.9 Å². The molecule has 3 rings (SSSR count). The average molecular weight is 602 g/mol. The fourth-order valence-corrected chi connectivity index (χ4v) is 4.33. The van der Waals surface area contributed by atoms with Crippen LogP contribution in [0.1, 0.15) is 59.0 Å². The molecule has 1 unspecified atom stereocenters. The first-order chi connectivity index (χ1) is 20.8. The number of primary amides is 1. The molecule has 0 aliphatic heterocycles. The van der Waals surface area contributed by atoms with Crippen LogP contribution >= 0.6 is 0 Å². The molecule has 0 aliphatic carbocycles. The Morgan fingerprint density at radius 3 is 2.20 bits per heavy atom. The van der Waals surface area contributed by atoms with Gasteiger partial charge in [-0.25, -0.2) is 9.59 Å². The van der Waals surface area contributed by atoms with Crippen molar-refractivity contribution < 1.29 is 38.2 Å². The fraction of sp³-hybridized carbons (Fsp3) is 0.242. The van der Waals surface area contributed by atoms with Crippen LogP contribution in [-0.2, 0) is 24.6 Å². The molecule has 0 aliphatic rings. The minimum absolute atomic E-state index is 0.00255. The molecular weight excluding hydrogens is 566 g/mol. The Labute approximate surface area is 255 Å². The molecule has 3 aromatic carbocycles. The van der Waals surface area contributed by atoms with Gasteiger partial charge in [-0.05, 0) is 68.8 Å². The molecular formula is C33H35N3O8. The van der Waals surface area contributed by atoms with Gasteiger partial charge in [-0.2, -0.15) is 0 Å². The lowest BCUT2D eigenvalue weighted by molar-refractivity contribution is -0.158. The molecule has 0 fully saturated rings. The van der Waals surface area contributed by atoms with Gasteiger partial charge in [0.05, 0.1) is 19.1 Å². The highest BCUT2D eigenvalue weighted by Crippen LogP contribution is 2.32. The fourth-order valence-electron chi connectivity index (χ4n) is 4.33. The quantitative estimate of drug-likeness (QED) is 0.155. The van der Waals surface area contributed by atoms with Crippen molar-refractivity contribution in [1.29, 1.82) is 0 Å². The highest BCUT2D eigenvalue weighted by Gasteiger charge is 2.46. The maximum atomic E-state index is 13.7. The zero-order valence-corrected chi connectivity index (χ0v) is 25.0. The molecule has 0 spiro atoms. The Balaban J connectivity index is 2.07. The molecule has 3 amide bonds. The third kappa shape index (κ3) is 8.31. The van der Waals surface area contributed by atoms with Crippen LogP contribution in [0.5, 0.6) is 5.75 Å². The Morgan fingerprint density at radius 1 is 0.909 bits per heavy atom. The molecule has 11 nitrogen and oxygen atoms in total. The van der Waals surface area contributed by atoms with Gasteiger partial charge in [0, 0.05) is 16.8 Å². The first-order valence-corrected chi connectivity index (χ1v) is 13.6. The molecule has 44 heavy (non-hydrogen) atoms. The summed E-state index contributed by atoms with van der Waals surface area (Å²) in [4.78, 5) is 65.9. The van der Waals surface area contributed by atoms with E-state index in [1.54, 1.807) is 57.2 Å². The summed E-state index contributed by atoms with van der Waals surface area (Å²) in [5.41, 5.74) is 3.36. The average Bonchev–Trinajstić information content (AvgIpc) is 2.98. The van der Waals surface area contributed by atoms with Crippen molar-refractivity contribution in [3.63, 3.8) is 0 Å². The first-order valence-electron chi connectivity index (χ1n) is 13.6. The summed E-state index contributed by atoms with van der Waals surface area (Å²) in [7, 11) is 1.49. The van der Waals surface area contributed by atoms with Gasteiger partial charge in [-0.1, -0.05) is 43.0 Å². The summed E-state index contributed by atoms with van der Waals surface area (Å²) >= 11 is 0. The molecule has 0 radical (unpaired) electrons. The van der Waals surface area contributed by atoms with Crippen LogP contribution in [0.15, 0.2) is 85.5 Å². The SMILES string of the molecule is C=CCOC(=O)c1cccc(NC(=O)NC(CC(=O)OC(C)(C)C)(C(N)=O)c2ccccc2C(=O)c2ccc(OC)cc2)c1. The van der Waals surface area contributed by atoms with E-state index in [9.17, 15) is 24.0 Å². The van der Waals surface area contributed by atoms with Crippen LogP contribution in [0.3, 0.4) is 0 Å². The van der Waals surface area contributed by atoms with Crippen molar-refractivity contribution in [3.05, 3.63) is 108 Å². The first kappa shape index (κ1) is 33.1. The number of ether oxygens (including phenoxy) is 3. The van der Waals surface area contributed by atoms with Crippen molar-refractivity contribution in [2.45, 2.75) is 38.3 Å². The summed E-state index contributed by atoms with van der Waals surface area (Å²) in [5, 5.41) is 5.08. The molecule has 0 aromatic heterocycles. The summed E-state index contributed by atoms with van der Waals surface area (Å²) in [6, 6.07) is 17.3. The van der Waals surface area contributed by atoms with Crippen LogP contribution in [0.25, 0.3) is 0 Å². The Morgan fingerprint density at radius 2 is 1.59 bits per heavy atom. The van der Waals surface area contributed by atoms with Gasteiger partial charge in [0.1, 0.15) is 18.0 Å². The van der Waals surface area contributed by atoms with Crippen molar-refractivity contribution in [3.8, 4) is 5.75 Å². The number of carbonyl (C=O) groups excluding carboxylic acids is 5. The van der Waals surface area contributed by atoms with E-state index < -0.39 is 47.2 Å². The van der Waals surface area contributed by atoms with Gasteiger partial charge in [-0.3, -0.25) is 14.4 Å². The topological polar surface area (TPSA) is 163 Å². The minimum atomic E-state index is -2.23. The van der Waals surface area contributed by atoms with Gasteiger partial charge in [-0.15, -0.1) is 0 Å². The number of ketones is 1. The number of carbonyl (C=O) groups is 5. The highest BCUT2D eigenvalue weighted by atomic mass is 16.6. The number of rotatable bonds is 12. The normalized spacial score (nSPS) is 12.2. The van der Waals surface area contributed by atoms with Crippen LogP contribution in [0.4, 0.5) is 10.5 Å². The van der Waals surface area contributed by atoms with Crippen molar-refractivity contribution in [1.82, 2.24) is 5.32 Å². The number of hydrogen-bond donors (Lipinski definition) is 3. The summed E-state index contributed by atoms with van der Waals surface area (Å²) < 4.78 is 15.7. The van der Waals surface area contributed by atoms with Crippen molar-refractivity contribution >= 4 is 35.3 Å². The Hall–Kier alpha value is -5.45. The second-order valence-corrected chi connectivity index (χ2v) is 10.7. The van der Waals surface area contributed by atoms with E-state index in [1.165, 1.54) is 49.6 Å². The molecule has 1 atom stereocenters. The standard InChI is InChI=1S/C33H35N3O8/c1-6-18-43-29(39)22-10-9-11-23(19-22)35-31(41)36-33(30(34)40,20-27(37)44-32(2,3)4)26-13-8-7-12-25(26)28(38)21-14-16-24(42-5)17-15-21/h6-17,19H,1,18,20H2,2-5H3,(H2,34,40)(H2,35,36,41). The third-order valence-electron chi connectivity index (χ3n) is 6.25. The minimum Gasteiger partial charge on any atom is -0.497 e. The zero-order chi connectivity index (χ0) is 32.5. The smallest absolute Gasteiger partial charge is 0.338 e. The molecule has 0 bridgehead atoms. The Bertz CT molecular complexity index is 1560. The van der Waals surface area contributed by atoms with E-state index >= 15 is 0 Å². The largest absolute Gasteiger partial charge is 0.497 e. The number of benzene rings is 3. The summed E-state index contributed by atoms with van der Waals surface area (Å²) in [6.45, 7) is 8.43. The highest BCUT2D eigenvalue weighted by molar-refractivity contribution is 6.12. The van der Waals surface area contributed by atoms with Gasteiger partial charge in [0.2, 0.25) is 5.91 Å². The third-order valence-corrected chi connectivity index (χ3v) is 6.25. The van der Waals surface area contributed by atoms with Gasteiger partial charge >= 0.3 is 18.0 Å². The van der Waals surface area contributed by atoms with Crippen LogP contribution in [-0.4, -0.2) is 49.0 Å². The van der Waals surface area contributed by atoms with Gasteiger partial charge in [0.25, 0.3) is 0 Å². The number of amides is 3. The number of hydrogen-bond acceptors (Lipinski definition) is 8. The van der Waals surface area contributed by atoms with E-state index in [0.717, 1.165) is 0 Å². The molecule has 0 heterocycles. The second-order valence-electron chi connectivity index (χ2n) is 10.7. The number of esters is 2. The molecule has 3 aromatic rings. The predicted octanol–water partition coefficient (Wildman–Crippen LogP) is 4.50. The second kappa shape index (κ2) is 14.1. The maximum Gasteiger partial charge on any atom is 0.338 e. The number of nitrogens with two attached hydrogens (primary N) is 1. The van der Waals surface area contributed by atoms with Crippen LogP contribution < -0.4 is 21.1 Å². The molecule has 4 N–H and O–H groups in total. The monoisotopic (exact) mass is 601 g/mol. The number of urea groups is 1. The number of anilines is 1. The number of methoxy groups -OCH3 is 1. The van der Waals surface area contributed by atoms with E-state index in [1.807, 2.05) is 0 Å². The molecule has 0 saturated heterocycles. The van der Waals surface area contributed by atoms with Crippen molar-refractivity contribution in [2.24, 2.45) is 5.73 Å². The lowest BCUT2D eigenvalue weighted by atomic mass is 9.81. The van der Waals surface area contributed by atoms with Gasteiger partial charge in [0.15, 0.2) is 11.3 Å². The van der Waals surface area contributed by atoms with Crippen molar-refractivity contribution in [2.75, 3.05) is 19.0 Å². The van der Waals surface area contributed by atoms with E-state index in [2.05, 4.69) is 17.2 Å². The van der Waals surface area contributed by atoms with Crippen LogP contribution in [0.2, 0.25) is 0 Å². The summed E-state index contributed by atoms with van der Waals surface area (Å²) in [6.07, 6.45) is 0.687. The summed E-state index contributed by atoms with van der Waals surface area (Å²) in [5.74, 6) is -2.57. The van der Waals surface area contributed by atoms with E-state index in [-0.39, 0.29) is 34.5 Å². The molecule has 11 heteroatoms. The van der Waals surface area contributed by atoms with E-state index in [0.29, 0.717) is 5.75 Å². The predicted molar refractivity (Wildman–Crippen MR) is 163 cm³/mol. The maximum absolute atomic E-state index is 13.7. The zero-order valence-electron chi connectivity index (χ0n) is 25.0.